The predicted molar refractivity (Wildman–Crippen MR) is 95.1 cm³/mol. The highest BCUT2D eigenvalue weighted by Crippen LogP contribution is 2.56. The third-order valence-electron chi connectivity index (χ3n) is 6.13. The molecule has 0 aromatic heterocycles. The Kier molecular flexibility index (Phi) is 4.86. The monoisotopic (exact) mass is 357 g/mol. The minimum Gasteiger partial charge on any atom is -0.444 e. The molecule has 4 aliphatic rings. The van der Waals surface area contributed by atoms with Crippen molar-refractivity contribution in [3.05, 3.63) is 0 Å². The first-order valence-electron chi connectivity index (χ1n) is 9.11. The number of nitrogens with zero attached hydrogens (tertiary/aromatic N) is 1. The van der Waals surface area contributed by atoms with Crippen LogP contribution in [0.5, 0.6) is 0 Å². The van der Waals surface area contributed by atoms with E-state index in [1.807, 2.05) is 32.5 Å². The zero-order valence-electron chi connectivity index (χ0n) is 15.1. The first kappa shape index (κ1) is 18.3. The molecule has 4 rings (SSSR count). The second-order valence-corrected chi connectivity index (χ2v) is 9.98. The molecule has 6 heteroatoms. The van der Waals surface area contributed by atoms with E-state index in [2.05, 4.69) is 0 Å². The summed E-state index contributed by atoms with van der Waals surface area (Å²) in [5, 5.41) is 21.8. The summed E-state index contributed by atoms with van der Waals surface area (Å²) in [5.74, 6) is 2.18. The molecule has 4 fully saturated rings. The van der Waals surface area contributed by atoms with Crippen molar-refractivity contribution in [1.29, 1.82) is 0 Å². The van der Waals surface area contributed by atoms with Crippen LogP contribution in [-0.2, 0) is 4.74 Å². The van der Waals surface area contributed by atoms with Crippen molar-refractivity contribution in [2.75, 3.05) is 24.7 Å². The molecule has 24 heavy (non-hydrogen) atoms. The van der Waals surface area contributed by atoms with E-state index in [0.29, 0.717) is 25.3 Å². The van der Waals surface area contributed by atoms with Gasteiger partial charge in [-0.05, 0) is 70.3 Å². The van der Waals surface area contributed by atoms with Crippen molar-refractivity contribution in [3.8, 4) is 0 Å². The topological polar surface area (TPSA) is 70.0 Å². The lowest BCUT2D eigenvalue weighted by Gasteiger charge is -2.62. The van der Waals surface area contributed by atoms with Gasteiger partial charge in [-0.2, -0.15) is 11.8 Å². The van der Waals surface area contributed by atoms with Gasteiger partial charge in [0.1, 0.15) is 5.60 Å². The van der Waals surface area contributed by atoms with E-state index in [-0.39, 0.29) is 18.7 Å². The van der Waals surface area contributed by atoms with Crippen molar-refractivity contribution >= 4 is 17.9 Å². The van der Waals surface area contributed by atoms with Crippen molar-refractivity contribution in [2.45, 2.75) is 70.1 Å². The van der Waals surface area contributed by atoms with Crippen LogP contribution < -0.4 is 0 Å². The normalized spacial score (nSPS) is 35.8. The predicted octanol–water partition coefficient (Wildman–Crippen LogP) is 2.64. The number of piperidine rings is 2. The van der Waals surface area contributed by atoms with Crippen LogP contribution in [0.4, 0.5) is 4.79 Å². The van der Waals surface area contributed by atoms with Crippen LogP contribution in [-0.4, -0.2) is 63.1 Å². The molecule has 1 amide bonds. The van der Waals surface area contributed by atoms with Gasteiger partial charge in [0.2, 0.25) is 0 Å². The van der Waals surface area contributed by atoms with Crippen molar-refractivity contribution in [3.63, 3.8) is 0 Å². The Morgan fingerprint density at radius 3 is 2.50 bits per heavy atom. The summed E-state index contributed by atoms with van der Waals surface area (Å²) in [6.45, 7) is 6.25. The van der Waals surface area contributed by atoms with E-state index >= 15 is 0 Å². The van der Waals surface area contributed by atoms with Gasteiger partial charge in [0.15, 0.2) is 0 Å². The molecule has 3 aliphatic heterocycles. The number of carbonyl (C=O) groups is 1. The molecule has 5 nitrogen and oxygen atoms in total. The quantitative estimate of drug-likeness (QED) is 0.795. The molecule has 0 aromatic rings. The van der Waals surface area contributed by atoms with E-state index in [0.717, 1.165) is 30.8 Å². The maximum Gasteiger partial charge on any atom is 0.410 e. The number of carbonyl (C=O) groups excluding carboxylic acids is 1. The summed E-state index contributed by atoms with van der Waals surface area (Å²) in [4.78, 5) is 14.5. The van der Waals surface area contributed by atoms with Crippen LogP contribution in [0.15, 0.2) is 0 Å². The molecule has 0 radical (unpaired) electrons. The number of aliphatic hydroxyl groups is 2. The molecule has 3 heterocycles. The Labute approximate surface area is 149 Å². The highest BCUT2D eigenvalue weighted by atomic mass is 32.2. The summed E-state index contributed by atoms with van der Waals surface area (Å²) in [7, 11) is 0. The lowest BCUT2D eigenvalue weighted by Crippen LogP contribution is -2.70. The minimum atomic E-state index is -0.878. The van der Waals surface area contributed by atoms with Gasteiger partial charge in [0.05, 0.1) is 12.2 Å². The number of hydrogen-bond donors (Lipinski definition) is 2. The Balaban J connectivity index is 1.89. The fraction of sp³-hybridized carbons (Fsp3) is 0.944. The second-order valence-electron chi connectivity index (χ2n) is 8.75. The van der Waals surface area contributed by atoms with Crippen LogP contribution >= 0.6 is 11.8 Å². The second kappa shape index (κ2) is 6.36. The standard InChI is InChI=1S/C18H31NO4S/c1-16(2,3)23-15(21)19-11-13-4-5-14(19)17(10-13,12-20)18(22)6-8-24-9-7-18/h13-14,20,22H,4-12H2,1-3H3. The first-order valence-corrected chi connectivity index (χ1v) is 10.3. The van der Waals surface area contributed by atoms with Crippen molar-refractivity contribution in [1.82, 2.24) is 4.90 Å². The van der Waals surface area contributed by atoms with E-state index in [1.54, 1.807) is 4.90 Å². The molecule has 2 N–H and O–H groups in total. The van der Waals surface area contributed by atoms with E-state index < -0.39 is 16.6 Å². The van der Waals surface area contributed by atoms with Crippen LogP contribution in [0.1, 0.15) is 52.9 Å². The highest BCUT2D eigenvalue weighted by molar-refractivity contribution is 7.99. The SMILES string of the molecule is CC(C)(C)OC(=O)N1CC2CCC1C(CO)(C1(O)CCSCC1)C2. The lowest BCUT2D eigenvalue weighted by atomic mass is 9.54. The van der Waals surface area contributed by atoms with Crippen LogP contribution in [0.2, 0.25) is 0 Å². The Morgan fingerprint density at radius 1 is 1.29 bits per heavy atom. The summed E-state index contributed by atoms with van der Waals surface area (Å²) in [6.07, 6.45) is 3.82. The Morgan fingerprint density at radius 2 is 1.96 bits per heavy atom. The lowest BCUT2D eigenvalue weighted by molar-refractivity contribution is -0.197. The number of rotatable bonds is 2. The van der Waals surface area contributed by atoms with E-state index in [1.165, 1.54) is 0 Å². The van der Waals surface area contributed by atoms with Crippen LogP contribution in [0, 0.1) is 11.3 Å². The van der Waals surface area contributed by atoms with Crippen molar-refractivity contribution < 1.29 is 19.7 Å². The van der Waals surface area contributed by atoms with Crippen LogP contribution in [0.3, 0.4) is 0 Å². The molecule has 3 atom stereocenters. The minimum absolute atomic E-state index is 0.0609. The Hall–Kier alpha value is -0.460. The fourth-order valence-corrected chi connectivity index (χ4v) is 6.15. The van der Waals surface area contributed by atoms with Gasteiger partial charge in [0.25, 0.3) is 0 Å². The van der Waals surface area contributed by atoms with E-state index in [4.69, 9.17) is 4.74 Å². The number of thioether (sulfide) groups is 1. The molecular formula is C18H31NO4S. The van der Waals surface area contributed by atoms with Gasteiger partial charge >= 0.3 is 6.09 Å². The van der Waals surface area contributed by atoms with Gasteiger partial charge in [-0.1, -0.05) is 0 Å². The third kappa shape index (κ3) is 3.06. The molecule has 138 valence electrons. The zero-order valence-corrected chi connectivity index (χ0v) is 15.9. The molecule has 0 aromatic carbocycles. The number of aliphatic hydroxyl groups excluding tert-OH is 1. The first-order chi connectivity index (χ1) is 11.2. The average Bonchev–Trinajstić information content (AvgIpc) is 2.54. The highest BCUT2D eigenvalue weighted by Gasteiger charge is 2.62. The molecule has 1 aliphatic carbocycles. The van der Waals surface area contributed by atoms with Gasteiger partial charge in [-0.15, -0.1) is 0 Å². The molecular weight excluding hydrogens is 326 g/mol. The molecule has 0 spiro atoms. The van der Waals surface area contributed by atoms with Crippen molar-refractivity contribution in [2.24, 2.45) is 11.3 Å². The molecule has 3 unspecified atom stereocenters. The zero-order chi connectivity index (χ0) is 17.6. The number of ether oxygens (including phenoxy) is 1. The van der Waals surface area contributed by atoms with Gasteiger partial charge in [-0.3, -0.25) is 0 Å². The summed E-state index contributed by atoms with van der Waals surface area (Å²) in [5.41, 5.74) is -2.02. The summed E-state index contributed by atoms with van der Waals surface area (Å²) >= 11 is 1.86. The summed E-state index contributed by atoms with van der Waals surface area (Å²) < 4.78 is 5.61. The van der Waals surface area contributed by atoms with Gasteiger partial charge in [0, 0.05) is 18.0 Å². The van der Waals surface area contributed by atoms with Gasteiger partial charge < -0.3 is 19.8 Å². The number of fused-ring (bicyclic) bond motifs is 3. The summed E-state index contributed by atoms with van der Waals surface area (Å²) in [6, 6.07) is -0.129. The fourth-order valence-electron chi connectivity index (χ4n) is 4.98. The smallest absolute Gasteiger partial charge is 0.410 e. The molecule has 1 saturated carbocycles. The average molecular weight is 358 g/mol. The number of amides is 1. The third-order valence-corrected chi connectivity index (χ3v) is 7.11. The maximum absolute atomic E-state index is 12.7. The molecule has 2 bridgehead atoms. The number of hydrogen-bond acceptors (Lipinski definition) is 5. The molecule has 3 saturated heterocycles. The Bertz CT molecular complexity index is 486. The van der Waals surface area contributed by atoms with Crippen LogP contribution in [0.25, 0.3) is 0 Å². The van der Waals surface area contributed by atoms with E-state index in [9.17, 15) is 15.0 Å². The van der Waals surface area contributed by atoms with Gasteiger partial charge in [-0.25, -0.2) is 4.79 Å². The maximum atomic E-state index is 12.7. The largest absolute Gasteiger partial charge is 0.444 e.